The van der Waals surface area contributed by atoms with Gasteiger partial charge in [0, 0.05) is 4.57 Å². The molecule has 1 atom stereocenters. The molecular weight excluding hydrogens is 213 g/mol. The fourth-order valence-corrected chi connectivity index (χ4v) is 1.25. The van der Waals surface area contributed by atoms with Crippen LogP contribution in [0.1, 0.15) is 5.56 Å². The summed E-state index contributed by atoms with van der Waals surface area (Å²) >= 11 is 5.71. The topological polar surface area (TPSA) is 72.5 Å². The quantitative estimate of drug-likeness (QED) is 0.604. The van der Waals surface area contributed by atoms with Gasteiger partial charge in [-0.3, -0.25) is 0 Å². The molecule has 1 aromatic rings. The molecule has 6 heteroatoms. The van der Waals surface area contributed by atoms with Crippen molar-refractivity contribution in [1.82, 2.24) is 0 Å². The molecular formula is C7H8ClNO3P+. The lowest BCUT2D eigenvalue weighted by molar-refractivity contribution is 0.272. The van der Waals surface area contributed by atoms with E-state index in [-0.39, 0.29) is 6.61 Å². The number of nitrogens with two attached hydrogens (primary N) is 1. The Morgan fingerprint density at radius 1 is 1.62 bits per heavy atom. The maximum atomic E-state index is 10.2. The Balaban J connectivity index is 2.68. The van der Waals surface area contributed by atoms with E-state index < -0.39 is 8.25 Å². The van der Waals surface area contributed by atoms with Crippen LogP contribution in [0.3, 0.4) is 0 Å². The number of hydrogen-bond acceptors (Lipinski definition) is 3. The SMILES string of the molecule is Nc1ccc(CO[P+](=O)O)cc1Cl. The maximum absolute atomic E-state index is 10.2. The van der Waals surface area contributed by atoms with Gasteiger partial charge in [-0.1, -0.05) is 17.7 Å². The lowest BCUT2D eigenvalue weighted by Gasteiger charge is -1.99. The summed E-state index contributed by atoms with van der Waals surface area (Å²) in [5, 5.41) is 0.411. The normalized spacial score (nSPS) is 11.4. The van der Waals surface area contributed by atoms with E-state index in [2.05, 4.69) is 4.52 Å². The van der Waals surface area contributed by atoms with Crippen molar-refractivity contribution in [2.75, 3.05) is 5.73 Å². The van der Waals surface area contributed by atoms with Gasteiger partial charge in [0.15, 0.2) is 0 Å². The summed E-state index contributed by atoms with van der Waals surface area (Å²) in [7, 11) is -2.57. The first-order valence-corrected chi connectivity index (χ1v) is 4.93. The van der Waals surface area contributed by atoms with Crippen LogP contribution in [0.25, 0.3) is 0 Å². The summed E-state index contributed by atoms with van der Waals surface area (Å²) in [4.78, 5) is 8.37. The maximum Gasteiger partial charge on any atom is 0.695 e. The molecule has 0 aliphatic rings. The molecule has 0 radical (unpaired) electrons. The molecule has 1 rings (SSSR count). The zero-order chi connectivity index (χ0) is 9.84. The number of rotatable bonds is 3. The van der Waals surface area contributed by atoms with Gasteiger partial charge in [-0.15, -0.1) is 9.42 Å². The van der Waals surface area contributed by atoms with Crippen molar-refractivity contribution in [3.8, 4) is 0 Å². The van der Waals surface area contributed by atoms with Gasteiger partial charge in [-0.25, -0.2) is 0 Å². The van der Waals surface area contributed by atoms with Gasteiger partial charge in [0.05, 0.1) is 10.7 Å². The van der Waals surface area contributed by atoms with E-state index >= 15 is 0 Å². The molecule has 0 saturated carbocycles. The standard InChI is InChI=1S/C7H7ClNO3P/c8-6-3-5(1-2-7(6)9)4-12-13(10)11/h1-3H,4,9H2/p+1. The van der Waals surface area contributed by atoms with Crippen LogP contribution in [0.4, 0.5) is 5.69 Å². The lowest BCUT2D eigenvalue weighted by atomic mass is 10.2. The summed E-state index contributed by atoms with van der Waals surface area (Å²) in [5.41, 5.74) is 6.64. The minimum atomic E-state index is -2.57. The summed E-state index contributed by atoms with van der Waals surface area (Å²) in [5.74, 6) is 0. The van der Waals surface area contributed by atoms with E-state index in [4.69, 9.17) is 22.2 Å². The summed E-state index contributed by atoms with van der Waals surface area (Å²) < 4.78 is 14.7. The lowest BCUT2D eigenvalue weighted by Crippen LogP contribution is -1.90. The Morgan fingerprint density at radius 3 is 2.85 bits per heavy atom. The van der Waals surface area contributed by atoms with E-state index in [0.717, 1.165) is 0 Å². The second-order valence-corrected chi connectivity index (χ2v) is 3.51. The van der Waals surface area contributed by atoms with Gasteiger partial charge in [0.2, 0.25) is 0 Å². The first-order valence-electron chi connectivity index (χ1n) is 3.42. The van der Waals surface area contributed by atoms with Gasteiger partial charge in [-0.2, -0.15) is 0 Å². The van der Waals surface area contributed by atoms with Crippen molar-refractivity contribution in [3.63, 3.8) is 0 Å². The van der Waals surface area contributed by atoms with E-state index in [9.17, 15) is 4.57 Å². The Hall–Kier alpha value is -0.670. The van der Waals surface area contributed by atoms with Crippen molar-refractivity contribution in [1.29, 1.82) is 0 Å². The molecule has 0 aliphatic heterocycles. The number of anilines is 1. The Bertz CT molecular complexity index is 332. The van der Waals surface area contributed by atoms with Crippen LogP contribution >= 0.6 is 19.9 Å². The zero-order valence-corrected chi connectivity index (χ0v) is 8.26. The molecule has 0 amide bonds. The fourth-order valence-electron chi connectivity index (χ4n) is 0.790. The highest BCUT2D eigenvalue weighted by Crippen LogP contribution is 2.23. The Morgan fingerprint density at radius 2 is 2.31 bits per heavy atom. The Kier molecular flexibility index (Phi) is 3.63. The van der Waals surface area contributed by atoms with E-state index in [1.807, 2.05) is 0 Å². The molecule has 3 N–H and O–H groups in total. The first-order chi connectivity index (χ1) is 6.09. The van der Waals surface area contributed by atoms with E-state index in [1.165, 1.54) is 0 Å². The number of nitrogen functional groups attached to an aromatic ring is 1. The highest BCUT2D eigenvalue weighted by atomic mass is 35.5. The molecule has 0 heterocycles. The minimum absolute atomic E-state index is 0.0473. The van der Waals surface area contributed by atoms with Crippen molar-refractivity contribution < 1.29 is 14.0 Å². The highest BCUT2D eigenvalue weighted by Gasteiger charge is 2.12. The van der Waals surface area contributed by atoms with E-state index in [1.54, 1.807) is 18.2 Å². The van der Waals surface area contributed by atoms with Crippen molar-refractivity contribution in [2.24, 2.45) is 0 Å². The van der Waals surface area contributed by atoms with Crippen LogP contribution in [-0.2, 0) is 15.7 Å². The zero-order valence-electron chi connectivity index (χ0n) is 6.61. The Labute approximate surface area is 81.2 Å². The van der Waals surface area contributed by atoms with Crippen molar-refractivity contribution >= 4 is 25.5 Å². The van der Waals surface area contributed by atoms with E-state index in [0.29, 0.717) is 16.3 Å². The van der Waals surface area contributed by atoms with Gasteiger partial charge in [0.25, 0.3) is 0 Å². The second-order valence-electron chi connectivity index (χ2n) is 2.37. The van der Waals surface area contributed by atoms with Crippen LogP contribution in [0.5, 0.6) is 0 Å². The fraction of sp³-hybridized carbons (Fsp3) is 0.143. The van der Waals surface area contributed by atoms with Crippen LogP contribution in [0.15, 0.2) is 18.2 Å². The van der Waals surface area contributed by atoms with Gasteiger partial charge in [0.1, 0.15) is 6.61 Å². The first kappa shape index (κ1) is 10.4. The van der Waals surface area contributed by atoms with Gasteiger partial charge in [-0.05, 0) is 17.7 Å². The van der Waals surface area contributed by atoms with Gasteiger partial charge >= 0.3 is 8.25 Å². The smallest absolute Gasteiger partial charge is 0.398 e. The molecule has 1 unspecified atom stereocenters. The third-order valence-corrected chi connectivity index (χ3v) is 2.08. The predicted octanol–water partition coefficient (Wildman–Crippen LogP) is 2.09. The molecule has 0 spiro atoms. The molecule has 0 aromatic heterocycles. The number of hydrogen-bond donors (Lipinski definition) is 2. The predicted molar refractivity (Wildman–Crippen MR) is 50.5 cm³/mol. The molecule has 13 heavy (non-hydrogen) atoms. The molecule has 0 bridgehead atoms. The van der Waals surface area contributed by atoms with Gasteiger partial charge < -0.3 is 5.73 Å². The molecule has 1 aromatic carbocycles. The van der Waals surface area contributed by atoms with Crippen LogP contribution in [-0.4, -0.2) is 4.89 Å². The molecule has 4 nitrogen and oxygen atoms in total. The third kappa shape index (κ3) is 3.28. The van der Waals surface area contributed by atoms with Crippen LogP contribution in [0, 0.1) is 0 Å². The summed E-state index contributed by atoms with van der Waals surface area (Å²) in [6, 6.07) is 4.89. The summed E-state index contributed by atoms with van der Waals surface area (Å²) in [6.45, 7) is 0.0473. The molecule has 0 saturated heterocycles. The minimum Gasteiger partial charge on any atom is -0.398 e. The third-order valence-electron chi connectivity index (χ3n) is 1.41. The van der Waals surface area contributed by atoms with Crippen LogP contribution in [0.2, 0.25) is 5.02 Å². The summed E-state index contributed by atoms with van der Waals surface area (Å²) in [6.07, 6.45) is 0. The second kappa shape index (κ2) is 4.53. The molecule has 0 fully saturated rings. The highest BCUT2D eigenvalue weighted by molar-refractivity contribution is 7.32. The van der Waals surface area contributed by atoms with Crippen LogP contribution < -0.4 is 5.73 Å². The largest absolute Gasteiger partial charge is 0.695 e. The number of halogens is 1. The van der Waals surface area contributed by atoms with Crippen molar-refractivity contribution in [3.05, 3.63) is 28.8 Å². The van der Waals surface area contributed by atoms with Crippen molar-refractivity contribution in [2.45, 2.75) is 6.61 Å². The molecule has 70 valence electrons. The average Bonchev–Trinajstić information content (AvgIpc) is 2.07. The molecule has 0 aliphatic carbocycles. The monoisotopic (exact) mass is 220 g/mol. The average molecular weight is 221 g/mol. The number of benzene rings is 1.